The minimum Gasteiger partial charge on any atom is -0.393 e. The fraction of sp³-hybridized carbons (Fsp3) is 0.500. The molecule has 0 aliphatic carbocycles. The number of para-hydroxylation sites is 2. The second kappa shape index (κ2) is 4.71. The van der Waals surface area contributed by atoms with Crippen LogP contribution >= 0.6 is 0 Å². The van der Waals surface area contributed by atoms with Crippen LogP contribution in [0.3, 0.4) is 0 Å². The molecule has 1 heterocycles. The fourth-order valence-electron chi connectivity index (χ4n) is 2.29. The zero-order chi connectivity index (χ0) is 12.4. The highest BCUT2D eigenvalue weighted by atomic mass is 16.6. The Labute approximate surface area is 99.8 Å². The maximum absolute atomic E-state index is 10.9. The van der Waals surface area contributed by atoms with Gasteiger partial charge >= 0.3 is 0 Å². The largest absolute Gasteiger partial charge is 0.393 e. The van der Waals surface area contributed by atoms with E-state index < -0.39 is 0 Å². The van der Waals surface area contributed by atoms with E-state index in [0.29, 0.717) is 12.2 Å². The number of hydrogen-bond acceptors (Lipinski definition) is 4. The molecule has 0 bridgehead atoms. The van der Waals surface area contributed by atoms with Crippen molar-refractivity contribution in [2.24, 2.45) is 5.92 Å². The molecule has 5 heteroatoms. The van der Waals surface area contributed by atoms with Crippen molar-refractivity contribution in [3.63, 3.8) is 0 Å². The van der Waals surface area contributed by atoms with Crippen molar-refractivity contribution in [1.29, 1.82) is 0 Å². The highest BCUT2D eigenvalue weighted by Gasteiger charge is 2.29. The number of nitro benzene ring substituents is 1. The minimum atomic E-state index is -0.359. The monoisotopic (exact) mass is 236 g/mol. The number of rotatable bonds is 3. The topological polar surface area (TPSA) is 66.6 Å². The zero-order valence-electron chi connectivity index (χ0n) is 9.74. The predicted molar refractivity (Wildman–Crippen MR) is 65.1 cm³/mol. The van der Waals surface area contributed by atoms with Gasteiger partial charge in [0.15, 0.2) is 0 Å². The van der Waals surface area contributed by atoms with Gasteiger partial charge in [0, 0.05) is 25.1 Å². The van der Waals surface area contributed by atoms with E-state index in [1.54, 1.807) is 25.1 Å². The standard InChI is InChI=1S/C12H16N2O3/c1-9(15)10-6-7-13(8-10)11-4-2-3-5-12(11)14(16)17/h2-5,9-10,15H,6-8H2,1H3. The van der Waals surface area contributed by atoms with Gasteiger partial charge < -0.3 is 10.0 Å². The molecule has 0 spiro atoms. The molecule has 5 nitrogen and oxygen atoms in total. The van der Waals surface area contributed by atoms with Crippen LogP contribution in [0.15, 0.2) is 24.3 Å². The van der Waals surface area contributed by atoms with E-state index in [9.17, 15) is 15.2 Å². The van der Waals surface area contributed by atoms with Crippen LogP contribution in [0.2, 0.25) is 0 Å². The molecule has 1 aromatic rings. The van der Waals surface area contributed by atoms with Crippen molar-refractivity contribution in [2.75, 3.05) is 18.0 Å². The summed E-state index contributed by atoms with van der Waals surface area (Å²) in [5.41, 5.74) is 0.791. The third-order valence-corrected chi connectivity index (χ3v) is 3.33. The summed E-state index contributed by atoms with van der Waals surface area (Å²) in [5.74, 6) is 0.204. The smallest absolute Gasteiger partial charge is 0.292 e. The summed E-state index contributed by atoms with van der Waals surface area (Å²) in [4.78, 5) is 12.5. The molecule has 1 fully saturated rings. The highest BCUT2D eigenvalue weighted by Crippen LogP contribution is 2.32. The molecule has 92 valence electrons. The number of hydrogen-bond donors (Lipinski definition) is 1. The molecule has 0 amide bonds. The van der Waals surface area contributed by atoms with Crippen molar-refractivity contribution >= 4 is 11.4 Å². The average molecular weight is 236 g/mol. The van der Waals surface area contributed by atoms with Crippen molar-refractivity contribution in [1.82, 2.24) is 0 Å². The third-order valence-electron chi connectivity index (χ3n) is 3.33. The van der Waals surface area contributed by atoms with Crippen LogP contribution in [0.5, 0.6) is 0 Å². The predicted octanol–water partition coefficient (Wildman–Crippen LogP) is 1.80. The number of aliphatic hydroxyl groups excluding tert-OH is 1. The van der Waals surface area contributed by atoms with E-state index in [-0.39, 0.29) is 22.6 Å². The van der Waals surface area contributed by atoms with Crippen LogP contribution in [0.1, 0.15) is 13.3 Å². The molecule has 2 rings (SSSR count). The first-order valence-electron chi connectivity index (χ1n) is 5.76. The molecule has 1 saturated heterocycles. The number of nitrogens with zero attached hydrogens (tertiary/aromatic N) is 2. The van der Waals surface area contributed by atoms with E-state index >= 15 is 0 Å². The van der Waals surface area contributed by atoms with E-state index in [1.165, 1.54) is 6.07 Å². The lowest BCUT2D eigenvalue weighted by atomic mass is 10.0. The molecular formula is C12H16N2O3. The summed E-state index contributed by atoms with van der Waals surface area (Å²) in [6.45, 7) is 3.22. The minimum absolute atomic E-state index is 0.138. The van der Waals surface area contributed by atoms with Gasteiger partial charge in [0.1, 0.15) is 5.69 Å². The molecule has 1 aromatic carbocycles. The molecule has 2 unspecified atom stereocenters. The zero-order valence-corrected chi connectivity index (χ0v) is 9.74. The summed E-state index contributed by atoms with van der Waals surface area (Å²) >= 11 is 0. The van der Waals surface area contributed by atoms with Gasteiger partial charge in [-0.05, 0) is 19.4 Å². The third kappa shape index (κ3) is 2.39. The van der Waals surface area contributed by atoms with Crippen molar-refractivity contribution in [3.05, 3.63) is 34.4 Å². The van der Waals surface area contributed by atoms with Crippen LogP contribution < -0.4 is 4.90 Å². The summed E-state index contributed by atoms with van der Waals surface area (Å²) < 4.78 is 0. The first-order chi connectivity index (χ1) is 8.09. The van der Waals surface area contributed by atoms with Crippen LogP contribution in [-0.4, -0.2) is 29.2 Å². The lowest BCUT2D eigenvalue weighted by molar-refractivity contribution is -0.384. The summed E-state index contributed by atoms with van der Waals surface area (Å²) in [5, 5.41) is 20.5. The van der Waals surface area contributed by atoms with Gasteiger partial charge in [-0.1, -0.05) is 12.1 Å². The van der Waals surface area contributed by atoms with E-state index in [0.717, 1.165) is 13.0 Å². The molecule has 1 aliphatic heterocycles. The van der Waals surface area contributed by atoms with Crippen molar-refractivity contribution in [3.8, 4) is 0 Å². The van der Waals surface area contributed by atoms with E-state index in [1.807, 2.05) is 4.90 Å². The summed E-state index contributed by atoms with van der Waals surface area (Å²) in [7, 11) is 0. The van der Waals surface area contributed by atoms with Crippen molar-refractivity contribution in [2.45, 2.75) is 19.4 Å². The molecule has 0 saturated carbocycles. The van der Waals surface area contributed by atoms with Gasteiger partial charge in [-0.25, -0.2) is 0 Å². The Kier molecular flexibility index (Phi) is 3.28. The Balaban J connectivity index is 2.21. The van der Waals surface area contributed by atoms with Gasteiger partial charge in [-0.2, -0.15) is 0 Å². The maximum Gasteiger partial charge on any atom is 0.292 e. The van der Waals surface area contributed by atoms with Crippen LogP contribution in [0, 0.1) is 16.0 Å². The maximum atomic E-state index is 10.9. The molecule has 0 aromatic heterocycles. The Morgan fingerprint density at radius 3 is 2.82 bits per heavy atom. The lowest BCUT2D eigenvalue weighted by Gasteiger charge is -2.19. The average Bonchev–Trinajstić information content (AvgIpc) is 2.78. The highest BCUT2D eigenvalue weighted by molar-refractivity contribution is 5.63. The molecule has 17 heavy (non-hydrogen) atoms. The van der Waals surface area contributed by atoms with Crippen LogP contribution in [0.4, 0.5) is 11.4 Å². The quantitative estimate of drug-likeness (QED) is 0.642. The Bertz CT molecular complexity index is 420. The Hall–Kier alpha value is -1.62. The van der Waals surface area contributed by atoms with Crippen molar-refractivity contribution < 1.29 is 10.0 Å². The second-order valence-electron chi connectivity index (χ2n) is 4.48. The SMILES string of the molecule is CC(O)C1CCN(c2ccccc2[N+](=O)[O-])C1. The Morgan fingerprint density at radius 2 is 2.24 bits per heavy atom. The molecular weight excluding hydrogens is 220 g/mol. The van der Waals surface area contributed by atoms with Crippen LogP contribution in [-0.2, 0) is 0 Å². The Morgan fingerprint density at radius 1 is 1.53 bits per heavy atom. The first-order valence-corrected chi connectivity index (χ1v) is 5.76. The normalized spacial score (nSPS) is 21.5. The number of anilines is 1. The van der Waals surface area contributed by atoms with E-state index in [2.05, 4.69) is 0 Å². The fourth-order valence-corrected chi connectivity index (χ4v) is 2.29. The van der Waals surface area contributed by atoms with Gasteiger partial charge in [0.25, 0.3) is 5.69 Å². The molecule has 2 atom stereocenters. The van der Waals surface area contributed by atoms with E-state index in [4.69, 9.17) is 0 Å². The molecule has 1 aliphatic rings. The lowest BCUT2D eigenvalue weighted by Crippen LogP contribution is -2.24. The first kappa shape index (κ1) is 11.9. The molecule has 1 N–H and O–H groups in total. The molecule has 0 radical (unpaired) electrons. The second-order valence-corrected chi connectivity index (χ2v) is 4.48. The van der Waals surface area contributed by atoms with Gasteiger partial charge in [-0.3, -0.25) is 10.1 Å². The number of aliphatic hydroxyl groups is 1. The van der Waals surface area contributed by atoms with Gasteiger partial charge in [0.2, 0.25) is 0 Å². The summed E-state index contributed by atoms with van der Waals surface area (Å²) in [6, 6.07) is 6.76. The number of nitro groups is 1. The number of benzene rings is 1. The van der Waals surface area contributed by atoms with Crippen LogP contribution in [0.25, 0.3) is 0 Å². The van der Waals surface area contributed by atoms with Gasteiger partial charge in [0.05, 0.1) is 11.0 Å². The summed E-state index contributed by atoms with van der Waals surface area (Å²) in [6.07, 6.45) is 0.520. The van der Waals surface area contributed by atoms with Gasteiger partial charge in [-0.15, -0.1) is 0 Å².